The van der Waals surface area contributed by atoms with E-state index in [-0.39, 0.29) is 13.2 Å². The summed E-state index contributed by atoms with van der Waals surface area (Å²) >= 11 is 8.99. The van der Waals surface area contributed by atoms with Gasteiger partial charge in [-0.1, -0.05) is 47.6 Å². The second-order valence-corrected chi connectivity index (χ2v) is 15.7. The highest BCUT2D eigenvalue weighted by molar-refractivity contribution is 7.98. The molecule has 16 heteroatoms. The summed E-state index contributed by atoms with van der Waals surface area (Å²) in [5, 5.41) is 29.7. The van der Waals surface area contributed by atoms with Gasteiger partial charge in [-0.3, -0.25) is 9.59 Å². The molecule has 1 aliphatic heterocycles. The molecule has 286 valence electrons. The Morgan fingerprint density at radius 1 is 0.982 bits per heavy atom. The normalized spacial score (nSPS) is 13.0. The molecule has 0 bridgehead atoms. The van der Waals surface area contributed by atoms with Crippen LogP contribution < -0.4 is 20.3 Å². The number of rotatable bonds is 14. The van der Waals surface area contributed by atoms with E-state index in [0.717, 1.165) is 42.2 Å². The summed E-state index contributed by atoms with van der Waals surface area (Å²) in [4.78, 5) is 48.1. The average Bonchev–Trinajstić information content (AvgIpc) is 3.87. The number of hydrogen-bond acceptors (Lipinski definition) is 13. The number of benzene rings is 2. The molecule has 1 saturated heterocycles. The molecule has 5 rings (SSSR count). The number of nitrogens with one attached hydrogen (secondary N) is 2. The van der Waals surface area contributed by atoms with Crippen LogP contribution in [0.3, 0.4) is 0 Å². The van der Waals surface area contributed by atoms with Crippen LogP contribution in [0.15, 0.2) is 58.9 Å². The van der Waals surface area contributed by atoms with Crippen molar-refractivity contribution in [2.75, 3.05) is 37.7 Å². The minimum Gasteiger partial charge on any atom is -0.490 e. The second kappa shape index (κ2) is 18.8. The zero-order valence-electron chi connectivity index (χ0n) is 30.8. The Labute approximate surface area is 333 Å². The number of esters is 1. The number of anilines is 1. The number of halogens is 1. The number of nitrogens with zero attached hydrogens (tertiary/aromatic N) is 5. The monoisotopic (exact) mass is 801 g/mol. The lowest BCUT2D eigenvalue weighted by molar-refractivity contribution is -0.144. The number of pyridine rings is 1. The largest absolute Gasteiger partial charge is 0.490 e. The Kier molecular flexibility index (Phi) is 14.0. The van der Waals surface area contributed by atoms with E-state index in [1.807, 2.05) is 29.6 Å². The highest BCUT2D eigenvalue weighted by Gasteiger charge is 2.27. The van der Waals surface area contributed by atoms with Gasteiger partial charge >= 0.3 is 12.1 Å². The molecule has 13 nitrogen and oxygen atoms in total. The molecule has 2 N–H and O–H groups in total. The van der Waals surface area contributed by atoms with Crippen molar-refractivity contribution in [3.63, 3.8) is 0 Å². The first-order valence-electron chi connectivity index (χ1n) is 17.5. The molecule has 4 aromatic rings. The minimum absolute atomic E-state index is 0.0357. The van der Waals surface area contributed by atoms with Gasteiger partial charge in [-0.05, 0) is 70.4 Å². The zero-order chi connectivity index (χ0) is 39.5. The lowest BCUT2D eigenvalue weighted by Crippen LogP contribution is -2.47. The molecule has 1 atom stereocenters. The van der Waals surface area contributed by atoms with Crippen molar-refractivity contribution in [3.05, 3.63) is 75.8 Å². The molecule has 0 saturated carbocycles. The van der Waals surface area contributed by atoms with Gasteiger partial charge in [-0.2, -0.15) is 10.5 Å². The zero-order valence-corrected chi connectivity index (χ0v) is 33.2. The first kappa shape index (κ1) is 40.8. The van der Waals surface area contributed by atoms with Crippen molar-refractivity contribution in [3.8, 4) is 39.6 Å². The highest BCUT2D eigenvalue weighted by Crippen LogP contribution is 2.40. The topological polar surface area (TPSA) is 180 Å². The number of amides is 2. The van der Waals surface area contributed by atoms with Crippen LogP contribution in [0, 0.1) is 22.7 Å². The van der Waals surface area contributed by atoms with Gasteiger partial charge in [0.1, 0.15) is 70.7 Å². The first-order valence-corrected chi connectivity index (χ1v) is 19.7. The van der Waals surface area contributed by atoms with E-state index in [0.29, 0.717) is 49.6 Å². The van der Waals surface area contributed by atoms with Gasteiger partial charge < -0.3 is 29.7 Å². The average molecular weight is 802 g/mol. The third-order valence-corrected chi connectivity index (χ3v) is 10.3. The number of carbonyl (C=O) groups excluding carboxylic acids is 3. The van der Waals surface area contributed by atoms with Crippen LogP contribution >= 0.6 is 34.7 Å². The molecule has 0 spiro atoms. The Balaban J connectivity index is 1.22. The predicted molar refractivity (Wildman–Crippen MR) is 211 cm³/mol. The molecule has 0 aliphatic carbocycles. The van der Waals surface area contributed by atoms with E-state index in [2.05, 4.69) is 27.7 Å². The summed E-state index contributed by atoms with van der Waals surface area (Å²) < 4.78 is 16.1. The first-order chi connectivity index (χ1) is 26.3. The van der Waals surface area contributed by atoms with E-state index < -0.39 is 36.2 Å². The molecule has 3 heterocycles. The van der Waals surface area contributed by atoms with Crippen LogP contribution in [0.25, 0.3) is 21.7 Å². The molecule has 55 heavy (non-hydrogen) atoms. The number of thiazole rings is 1. The molecule has 1 fully saturated rings. The maximum absolute atomic E-state index is 12.3. The fourth-order valence-electron chi connectivity index (χ4n) is 5.50. The third-order valence-electron chi connectivity index (χ3n) is 8.07. The molecular formula is C39H40ClN7O6S2. The third kappa shape index (κ3) is 11.3. The maximum atomic E-state index is 12.3. The van der Waals surface area contributed by atoms with E-state index in [4.69, 9.17) is 35.8 Å². The summed E-state index contributed by atoms with van der Waals surface area (Å²) in [6, 6.07) is 18.2. The summed E-state index contributed by atoms with van der Waals surface area (Å²) in [5.74, 6) is 0.264. The summed E-state index contributed by atoms with van der Waals surface area (Å²) in [5.41, 5.74) is 2.90. The van der Waals surface area contributed by atoms with Gasteiger partial charge in [0.2, 0.25) is 5.91 Å². The predicted octanol–water partition coefficient (Wildman–Crippen LogP) is 7.11. The summed E-state index contributed by atoms with van der Waals surface area (Å²) in [7, 11) is 0. The number of nitriles is 2. The lowest BCUT2D eigenvalue weighted by atomic mass is 9.96. The lowest BCUT2D eigenvalue weighted by Gasteiger charge is -2.22. The standard InChI is InChI=1S/C39H40ClN7O6S2/c1-24(44-38(50)53-39(2,3)4)35(49)43-21-32(48)52-18-17-51-29-13-9-25(10-14-29)33-30(19-41)34(47-15-5-6-16-47)46-37(31(33)20-42)55-23-28-22-54-36(45-28)26-7-11-27(40)12-8-26/h7-14,22,24H,5-6,15-18,21,23H2,1-4H3,(H,43,49)(H,44,50). The van der Waals surface area contributed by atoms with Crippen LogP contribution in [0.2, 0.25) is 5.02 Å². The van der Waals surface area contributed by atoms with Crippen LogP contribution in [0.4, 0.5) is 10.6 Å². The number of ether oxygens (including phenoxy) is 3. The molecule has 1 aliphatic rings. The number of thioether (sulfide) groups is 1. The second-order valence-electron chi connectivity index (χ2n) is 13.4. The van der Waals surface area contributed by atoms with Gasteiger partial charge in [0.05, 0.1) is 11.3 Å². The van der Waals surface area contributed by atoms with Gasteiger partial charge in [-0.25, -0.2) is 14.8 Å². The van der Waals surface area contributed by atoms with Crippen LogP contribution in [-0.2, 0) is 24.8 Å². The molecule has 2 aromatic carbocycles. The fraction of sp³-hybridized carbons (Fsp3) is 0.359. The SMILES string of the molecule is CC(NC(=O)OC(C)(C)C)C(=O)NCC(=O)OCCOc1ccc(-c2c(C#N)c(SCc3csc(-c4ccc(Cl)cc4)n3)nc(N3CCCC3)c2C#N)cc1. The number of aromatic nitrogens is 2. The Hall–Kier alpha value is -5.35. The number of alkyl carbamates (subject to hydrolysis) is 1. The van der Waals surface area contributed by atoms with Gasteiger partial charge in [0.15, 0.2) is 0 Å². The maximum Gasteiger partial charge on any atom is 0.408 e. The van der Waals surface area contributed by atoms with Gasteiger partial charge in [0.25, 0.3) is 0 Å². The molecule has 0 radical (unpaired) electrons. The van der Waals surface area contributed by atoms with Crippen molar-refractivity contribution >= 4 is 58.5 Å². The van der Waals surface area contributed by atoms with Crippen molar-refractivity contribution in [2.45, 2.75) is 63.0 Å². The number of carbonyl (C=O) groups is 3. The van der Waals surface area contributed by atoms with Crippen molar-refractivity contribution in [2.24, 2.45) is 0 Å². The summed E-state index contributed by atoms with van der Waals surface area (Å²) in [6.07, 6.45) is 1.22. The van der Waals surface area contributed by atoms with E-state index in [9.17, 15) is 24.9 Å². The fourth-order valence-corrected chi connectivity index (χ4v) is 7.43. The van der Waals surface area contributed by atoms with E-state index >= 15 is 0 Å². The number of hydrogen-bond donors (Lipinski definition) is 2. The van der Waals surface area contributed by atoms with Gasteiger partial charge in [-0.15, -0.1) is 11.3 Å². The van der Waals surface area contributed by atoms with Crippen LogP contribution in [-0.4, -0.2) is 72.4 Å². The summed E-state index contributed by atoms with van der Waals surface area (Å²) in [6.45, 7) is 7.67. The Bertz CT molecular complexity index is 2080. The molecule has 2 aromatic heterocycles. The molecule has 2 amide bonds. The van der Waals surface area contributed by atoms with Crippen molar-refractivity contribution < 1.29 is 28.6 Å². The smallest absolute Gasteiger partial charge is 0.408 e. The van der Waals surface area contributed by atoms with Crippen LogP contribution in [0.1, 0.15) is 57.4 Å². The molecular weight excluding hydrogens is 762 g/mol. The van der Waals surface area contributed by atoms with Crippen molar-refractivity contribution in [1.29, 1.82) is 10.5 Å². The van der Waals surface area contributed by atoms with Crippen molar-refractivity contribution in [1.82, 2.24) is 20.6 Å². The van der Waals surface area contributed by atoms with Gasteiger partial charge in [0, 0.05) is 40.4 Å². The van der Waals surface area contributed by atoms with E-state index in [1.165, 1.54) is 30.0 Å². The Morgan fingerprint density at radius 2 is 1.65 bits per heavy atom. The van der Waals surface area contributed by atoms with Crippen LogP contribution in [0.5, 0.6) is 5.75 Å². The minimum atomic E-state index is -0.926. The Morgan fingerprint density at radius 3 is 2.31 bits per heavy atom. The quantitative estimate of drug-likeness (QED) is 0.0751. The molecule has 1 unspecified atom stereocenters. The highest BCUT2D eigenvalue weighted by atomic mass is 35.5. The van der Waals surface area contributed by atoms with E-state index in [1.54, 1.807) is 45.0 Å².